The fourth-order valence-electron chi connectivity index (χ4n) is 2.53. The molecule has 1 saturated heterocycles. The summed E-state index contributed by atoms with van der Waals surface area (Å²) < 4.78 is 11.2. The fourth-order valence-corrected chi connectivity index (χ4v) is 2.53. The first-order chi connectivity index (χ1) is 10.8. The maximum absolute atomic E-state index is 11.9. The number of rotatable bonds is 8. The first kappa shape index (κ1) is 16.6. The molecule has 1 aliphatic heterocycles. The third-order valence-corrected chi connectivity index (χ3v) is 3.66. The summed E-state index contributed by atoms with van der Waals surface area (Å²) in [5, 5.41) is 6.38. The van der Waals surface area contributed by atoms with Gasteiger partial charge in [0.05, 0.1) is 13.2 Å². The second-order valence-electron chi connectivity index (χ2n) is 5.42. The predicted molar refractivity (Wildman–Crippen MR) is 86.4 cm³/mol. The van der Waals surface area contributed by atoms with E-state index in [2.05, 4.69) is 10.6 Å². The van der Waals surface area contributed by atoms with Gasteiger partial charge in [-0.1, -0.05) is 12.1 Å². The van der Waals surface area contributed by atoms with Gasteiger partial charge in [0, 0.05) is 12.5 Å². The maximum atomic E-state index is 11.9. The van der Waals surface area contributed by atoms with Crippen LogP contribution >= 0.6 is 0 Å². The summed E-state index contributed by atoms with van der Waals surface area (Å²) in [6.45, 7) is 5.05. The van der Waals surface area contributed by atoms with E-state index in [9.17, 15) is 4.79 Å². The first-order valence-electron chi connectivity index (χ1n) is 8.14. The number of ether oxygens (including phenoxy) is 2. The average Bonchev–Trinajstić information content (AvgIpc) is 2.54. The molecule has 22 heavy (non-hydrogen) atoms. The molecule has 2 rings (SSSR count). The molecule has 1 amide bonds. The molecule has 5 heteroatoms. The molecule has 0 radical (unpaired) electrons. The van der Waals surface area contributed by atoms with Gasteiger partial charge < -0.3 is 20.1 Å². The molecular weight excluding hydrogens is 280 g/mol. The zero-order valence-electron chi connectivity index (χ0n) is 13.3. The molecule has 1 fully saturated rings. The van der Waals surface area contributed by atoms with Gasteiger partial charge in [0.25, 0.3) is 0 Å². The van der Waals surface area contributed by atoms with Gasteiger partial charge in [-0.15, -0.1) is 0 Å². The third-order valence-electron chi connectivity index (χ3n) is 3.66. The smallest absolute Gasteiger partial charge is 0.220 e. The van der Waals surface area contributed by atoms with Crippen molar-refractivity contribution in [1.82, 2.24) is 10.6 Å². The summed E-state index contributed by atoms with van der Waals surface area (Å²) in [7, 11) is 0. The molecule has 0 unspecified atom stereocenters. The number of amides is 1. The molecule has 1 aromatic rings. The minimum Gasteiger partial charge on any atom is -0.490 e. The summed E-state index contributed by atoms with van der Waals surface area (Å²) in [5.74, 6) is 1.61. The topological polar surface area (TPSA) is 59.6 Å². The van der Waals surface area contributed by atoms with Crippen LogP contribution in [0.1, 0.15) is 32.6 Å². The van der Waals surface area contributed by atoms with Crippen molar-refractivity contribution in [1.29, 1.82) is 0 Å². The van der Waals surface area contributed by atoms with E-state index in [1.54, 1.807) is 0 Å². The van der Waals surface area contributed by atoms with Gasteiger partial charge in [-0.25, -0.2) is 0 Å². The molecule has 0 aliphatic carbocycles. The molecule has 0 bridgehead atoms. The highest BCUT2D eigenvalue weighted by Crippen LogP contribution is 2.26. The van der Waals surface area contributed by atoms with Crippen LogP contribution < -0.4 is 20.1 Å². The van der Waals surface area contributed by atoms with Gasteiger partial charge in [0.1, 0.15) is 0 Å². The Bertz CT molecular complexity index is 459. The molecule has 0 spiro atoms. The van der Waals surface area contributed by atoms with Gasteiger partial charge in [-0.05, 0) is 51.4 Å². The highest BCUT2D eigenvalue weighted by Gasteiger charge is 2.14. The minimum atomic E-state index is 0.119. The molecule has 0 atom stereocenters. The van der Waals surface area contributed by atoms with Crippen LogP contribution in [0.4, 0.5) is 0 Å². The van der Waals surface area contributed by atoms with Crippen LogP contribution in [-0.2, 0) is 4.79 Å². The summed E-state index contributed by atoms with van der Waals surface area (Å²) >= 11 is 0. The molecule has 122 valence electrons. The molecule has 2 N–H and O–H groups in total. The SMILES string of the molecule is CCOc1ccccc1OCCCC(=O)NC1CCNCC1. The lowest BCUT2D eigenvalue weighted by Gasteiger charge is -2.23. The highest BCUT2D eigenvalue weighted by atomic mass is 16.5. The molecule has 5 nitrogen and oxygen atoms in total. The van der Waals surface area contributed by atoms with E-state index >= 15 is 0 Å². The number of para-hydroxylation sites is 2. The van der Waals surface area contributed by atoms with Gasteiger partial charge in [0.15, 0.2) is 11.5 Å². The van der Waals surface area contributed by atoms with E-state index in [4.69, 9.17) is 9.47 Å². The van der Waals surface area contributed by atoms with Crippen molar-refractivity contribution in [2.24, 2.45) is 0 Å². The molecular formula is C17H26N2O3. The van der Waals surface area contributed by atoms with Crippen LogP contribution in [0.15, 0.2) is 24.3 Å². The Morgan fingerprint density at radius 2 is 1.91 bits per heavy atom. The maximum Gasteiger partial charge on any atom is 0.220 e. The van der Waals surface area contributed by atoms with Crippen molar-refractivity contribution in [3.05, 3.63) is 24.3 Å². The highest BCUT2D eigenvalue weighted by molar-refractivity contribution is 5.76. The number of carbonyl (C=O) groups excluding carboxylic acids is 1. The Labute approximate surface area is 132 Å². The van der Waals surface area contributed by atoms with Crippen molar-refractivity contribution in [2.75, 3.05) is 26.3 Å². The van der Waals surface area contributed by atoms with Crippen LogP contribution in [0.25, 0.3) is 0 Å². The molecule has 1 heterocycles. The van der Waals surface area contributed by atoms with Crippen molar-refractivity contribution in [3.63, 3.8) is 0 Å². The normalized spacial score (nSPS) is 15.3. The Morgan fingerprint density at radius 1 is 1.23 bits per heavy atom. The summed E-state index contributed by atoms with van der Waals surface area (Å²) in [6.07, 6.45) is 3.24. The summed E-state index contributed by atoms with van der Waals surface area (Å²) in [6, 6.07) is 7.95. The Morgan fingerprint density at radius 3 is 2.59 bits per heavy atom. The second-order valence-corrected chi connectivity index (χ2v) is 5.42. The molecule has 0 aromatic heterocycles. The van der Waals surface area contributed by atoms with Crippen LogP contribution in [0.2, 0.25) is 0 Å². The molecule has 1 aliphatic rings. The third kappa shape index (κ3) is 5.56. The lowest BCUT2D eigenvalue weighted by atomic mass is 10.1. The van der Waals surface area contributed by atoms with Crippen molar-refractivity contribution in [2.45, 2.75) is 38.6 Å². The van der Waals surface area contributed by atoms with Crippen LogP contribution in [-0.4, -0.2) is 38.3 Å². The van der Waals surface area contributed by atoms with Gasteiger partial charge >= 0.3 is 0 Å². The average molecular weight is 306 g/mol. The minimum absolute atomic E-state index is 0.119. The lowest BCUT2D eigenvalue weighted by Crippen LogP contribution is -2.42. The summed E-state index contributed by atoms with van der Waals surface area (Å²) in [5.41, 5.74) is 0. The Hall–Kier alpha value is -1.75. The van der Waals surface area contributed by atoms with E-state index in [0.29, 0.717) is 32.1 Å². The number of benzene rings is 1. The van der Waals surface area contributed by atoms with Crippen molar-refractivity contribution >= 4 is 5.91 Å². The zero-order chi connectivity index (χ0) is 15.6. The van der Waals surface area contributed by atoms with E-state index in [-0.39, 0.29) is 5.91 Å². The molecule has 0 saturated carbocycles. The van der Waals surface area contributed by atoms with Crippen LogP contribution in [0.3, 0.4) is 0 Å². The van der Waals surface area contributed by atoms with E-state index < -0.39 is 0 Å². The van der Waals surface area contributed by atoms with Gasteiger partial charge in [-0.3, -0.25) is 4.79 Å². The number of hydrogen-bond acceptors (Lipinski definition) is 4. The van der Waals surface area contributed by atoms with Gasteiger partial charge in [-0.2, -0.15) is 0 Å². The number of hydrogen-bond donors (Lipinski definition) is 2. The van der Waals surface area contributed by atoms with Gasteiger partial charge in [0.2, 0.25) is 5.91 Å². The quantitative estimate of drug-likeness (QED) is 0.722. The van der Waals surface area contributed by atoms with Crippen LogP contribution in [0, 0.1) is 0 Å². The summed E-state index contributed by atoms with van der Waals surface area (Å²) in [4.78, 5) is 11.9. The Kier molecular flexibility index (Phi) is 7.03. The Balaban J connectivity index is 1.65. The van der Waals surface area contributed by atoms with E-state index in [1.165, 1.54) is 0 Å². The number of nitrogens with one attached hydrogen (secondary N) is 2. The van der Waals surface area contributed by atoms with Crippen LogP contribution in [0.5, 0.6) is 11.5 Å². The zero-order valence-corrected chi connectivity index (χ0v) is 13.3. The van der Waals surface area contributed by atoms with Crippen molar-refractivity contribution < 1.29 is 14.3 Å². The largest absolute Gasteiger partial charge is 0.490 e. The van der Waals surface area contributed by atoms with E-state index in [0.717, 1.165) is 37.4 Å². The lowest BCUT2D eigenvalue weighted by molar-refractivity contribution is -0.122. The fraction of sp³-hybridized carbons (Fsp3) is 0.588. The number of carbonyl (C=O) groups is 1. The predicted octanol–water partition coefficient (Wildman–Crippen LogP) is 2.11. The second kappa shape index (κ2) is 9.30. The van der Waals surface area contributed by atoms with E-state index in [1.807, 2.05) is 31.2 Å². The standard InChI is InChI=1S/C17H26N2O3/c1-2-21-15-6-3-4-7-16(15)22-13-5-8-17(20)19-14-9-11-18-12-10-14/h3-4,6-7,14,18H,2,5,8-13H2,1H3,(H,19,20). The molecule has 1 aromatic carbocycles. The first-order valence-corrected chi connectivity index (χ1v) is 8.14. The van der Waals surface area contributed by atoms with Crippen molar-refractivity contribution in [3.8, 4) is 11.5 Å². The number of piperidine rings is 1. The monoisotopic (exact) mass is 306 g/mol.